The van der Waals surface area contributed by atoms with E-state index in [1.807, 2.05) is 24.3 Å². The fraction of sp³-hybridized carbons (Fsp3) is 0.409. The predicted molar refractivity (Wildman–Crippen MR) is 113 cm³/mol. The van der Waals surface area contributed by atoms with E-state index in [0.29, 0.717) is 36.7 Å². The molecule has 30 heavy (non-hydrogen) atoms. The molecule has 3 heterocycles. The maximum atomic E-state index is 12.7. The zero-order chi connectivity index (χ0) is 21.3. The second-order valence-electron chi connectivity index (χ2n) is 7.76. The van der Waals surface area contributed by atoms with Crippen LogP contribution in [0.1, 0.15) is 12.0 Å². The van der Waals surface area contributed by atoms with Crippen LogP contribution in [0.5, 0.6) is 11.5 Å². The number of nitrogens with zero attached hydrogens (tertiary/aromatic N) is 3. The molecule has 8 heteroatoms. The van der Waals surface area contributed by atoms with Crippen molar-refractivity contribution in [3.63, 3.8) is 0 Å². The summed E-state index contributed by atoms with van der Waals surface area (Å²) in [7, 11) is 5.19. The molecule has 0 bridgehead atoms. The largest absolute Gasteiger partial charge is 0.495 e. The molecule has 0 spiro atoms. The van der Waals surface area contributed by atoms with Crippen molar-refractivity contribution in [3.8, 4) is 22.6 Å². The van der Waals surface area contributed by atoms with Gasteiger partial charge < -0.3 is 29.6 Å². The van der Waals surface area contributed by atoms with Crippen molar-refractivity contribution in [2.24, 2.45) is 16.6 Å². The lowest BCUT2D eigenvalue weighted by molar-refractivity contribution is -0.124. The number of carbonyl (C=O) groups is 1. The van der Waals surface area contributed by atoms with E-state index in [1.165, 1.54) is 0 Å². The minimum absolute atomic E-state index is 0.167. The molecule has 8 nitrogen and oxygen atoms in total. The van der Waals surface area contributed by atoms with Gasteiger partial charge in [0.1, 0.15) is 17.6 Å². The van der Waals surface area contributed by atoms with Crippen LogP contribution in [0.2, 0.25) is 0 Å². The van der Waals surface area contributed by atoms with E-state index >= 15 is 0 Å². The molecule has 1 fully saturated rings. The first-order valence-corrected chi connectivity index (χ1v) is 9.86. The molecule has 2 aliphatic heterocycles. The molecule has 1 aromatic carbocycles. The minimum atomic E-state index is -1.20. The monoisotopic (exact) mass is 410 g/mol. The summed E-state index contributed by atoms with van der Waals surface area (Å²) in [6.07, 6.45) is 4.80. The number of aromatic nitrogens is 1. The number of aldehydes is 1. The van der Waals surface area contributed by atoms with Crippen molar-refractivity contribution in [2.75, 3.05) is 34.4 Å². The summed E-state index contributed by atoms with van der Waals surface area (Å²) >= 11 is 0. The summed E-state index contributed by atoms with van der Waals surface area (Å²) in [5, 5.41) is 0. The lowest BCUT2D eigenvalue weighted by Crippen LogP contribution is -2.54. The number of fused-ring (bicyclic) bond motifs is 2. The number of hydrogen-bond donors (Lipinski definition) is 1. The second-order valence-corrected chi connectivity index (χ2v) is 7.76. The number of aliphatic imine (C=N–C) groups is 1. The van der Waals surface area contributed by atoms with E-state index in [-0.39, 0.29) is 18.0 Å². The Morgan fingerprint density at radius 2 is 2.17 bits per heavy atom. The third-order valence-corrected chi connectivity index (χ3v) is 5.77. The number of benzene rings is 1. The highest BCUT2D eigenvalue weighted by molar-refractivity contribution is 5.84. The number of pyridine rings is 1. The molecule has 2 N–H and O–H groups in total. The molecule has 2 aliphatic rings. The van der Waals surface area contributed by atoms with Gasteiger partial charge in [0, 0.05) is 37.8 Å². The molecule has 3 unspecified atom stereocenters. The van der Waals surface area contributed by atoms with E-state index in [2.05, 4.69) is 4.98 Å². The number of ether oxygens (including phenoxy) is 3. The molecule has 0 saturated carbocycles. The van der Waals surface area contributed by atoms with Crippen molar-refractivity contribution < 1.29 is 19.0 Å². The Labute approximate surface area is 175 Å². The number of hydrogen-bond acceptors (Lipinski definition) is 6. The molecule has 0 amide bonds. The van der Waals surface area contributed by atoms with Crippen LogP contribution in [0, 0.1) is 5.92 Å². The predicted octanol–water partition coefficient (Wildman–Crippen LogP) is 1.83. The first-order chi connectivity index (χ1) is 14.5. The molecular formula is C22H26N4O4. The number of carbonyl (C=O) groups excluding carboxylic acids is 1. The molecule has 158 valence electrons. The van der Waals surface area contributed by atoms with Crippen LogP contribution in [0.4, 0.5) is 0 Å². The lowest BCUT2D eigenvalue weighted by Gasteiger charge is -2.45. The molecular weight excluding hydrogens is 384 g/mol. The molecule has 0 radical (unpaired) electrons. The Kier molecular flexibility index (Phi) is 5.34. The van der Waals surface area contributed by atoms with Crippen LogP contribution in [0.25, 0.3) is 11.1 Å². The van der Waals surface area contributed by atoms with Crippen LogP contribution >= 0.6 is 0 Å². The summed E-state index contributed by atoms with van der Waals surface area (Å²) in [5.74, 6) is 1.29. The van der Waals surface area contributed by atoms with Crippen molar-refractivity contribution >= 4 is 12.2 Å². The maximum absolute atomic E-state index is 12.7. The van der Waals surface area contributed by atoms with Gasteiger partial charge in [-0.2, -0.15) is 0 Å². The van der Waals surface area contributed by atoms with E-state index in [4.69, 9.17) is 24.9 Å². The van der Waals surface area contributed by atoms with Gasteiger partial charge >= 0.3 is 0 Å². The number of guanidine groups is 1. The molecule has 0 aliphatic carbocycles. The van der Waals surface area contributed by atoms with Crippen molar-refractivity contribution in [2.45, 2.75) is 18.1 Å². The van der Waals surface area contributed by atoms with Gasteiger partial charge in [-0.05, 0) is 23.8 Å². The first-order valence-electron chi connectivity index (χ1n) is 9.86. The topological polar surface area (TPSA) is 99.3 Å². The first kappa shape index (κ1) is 20.2. The Morgan fingerprint density at radius 3 is 2.90 bits per heavy atom. The van der Waals surface area contributed by atoms with Crippen molar-refractivity contribution in [1.82, 2.24) is 9.88 Å². The molecule has 4 rings (SSSR count). The van der Waals surface area contributed by atoms with Gasteiger partial charge in [0.15, 0.2) is 17.8 Å². The summed E-state index contributed by atoms with van der Waals surface area (Å²) in [6, 6.07) is 7.65. The molecule has 1 aromatic heterocycles. The van der Waals surface area contributed by atoms with E-state index in [0.717, 1.165) is 17.4 Å². The van der Waals surface area contributed by atoms with Gasteiger partial charge in [-0.1, -0.05) is 6.07 Å². The van der Waals surface area contributed by atoms with Gasteiger partial charge in [-0.3, -0.25) is 4.98 Å². The van der Waals surface area contributed by atoms with Gasteiger partial charge in [-0.25, -0.2) is 4.99 Å². The summed E-state index contributed by atoms with van der Waals surface area (Å²) in [5.41, 5.74) is 7.40. The van der Waals surface area contributed by atoms with Crippen molar-refractivity contribution in [3.05, 3.63) is 42.2 Å². The lowest BCUT2D eigenvalue weighted by atomic mass is 9.72. The third-order valence-electron chi connectivity index (χ3n) is 5.77. The highest BCUT2D eigenvalue weighted by Crippen LogP contribution is 2.48. The molecule has 3 atom stereocenters. The van der Waals surface area contributed by atoms with Crippen LogP contribution in [0.3, 0.4) is 0 Å². The van der Waals surface area contributed by atoms with Crippen LogP contribution < -0.4 is 15.2 Å². The fourth-order valence-corrected chi connectivity index (χ4v) is 4.06. The maximum Gasteiger partial charge on any atom is 0.192 e. The fourth-order valence-electron chi connectivity index (χ4n) is 4.06. The minimum Gasteiger partial charge on any atom is -0.495 e. The molecule has 1 saturated heterocycles. The quantitative estimate of drug-likeness (QED) is 0.466. The Bertz CT molecular complexity index is 977. The number of rotatable bonds is 4. The summed E-state index contributed by atoms with van der Waals surface area (Å²) in [6.45, 7) is 0.962. The standard InChI is InChI=1S/C22H26N4O4/c1-26(2)21(23)25-22(13-27)17-9-14(15-8-16(28-3)11-24-10-15)4-5-19(17)30-20-6-7-29-12-18(20)22/h4-5,8-11,13,18,20H,6-7,12H2,1-3H3,(H2,23,25). The van der Waals surface area contributed by atoms with Crippen molar-refractivity contribution in [1.29, 1.82) is 0 Å². The Balaban J connectivity index is 1.90. The highest BCUT2D eigenvalue weighted by atomic mass is 16.5. The van der Waals surface area contributed by atoms with E-state index < -0.39 is 5.54 Å². The summed E-state index contributed by atoms with van der Waals surface area (Å²) < 4.78 is 17.3. The number of nitrogens with two attached hydrogens (primary N) is 1. The van der Waals surface area contributed by atoms with Gasteiger partial charge in [0.2, 0.25) is 0 Å². The van der Waals surface area contributed by atoms with Gasteiger partial charge in [0.05, 0.1) is 32.4 Å². The smallest absolute Gasteiger partial charge is 0.192 e. The van der Waals surface area contributed by atoms with Crippen LogP contribution in [0.15, 0.2) is 41.7 Å². The van der Waals surface area contributed by atoms with Gasteiger partial charge in [-0.15, -0.1) is 0 Å². The third kappa shape index (κ3) is 3.37. The normalized spacial score (nSPS) is 25.5. The van der Waals surface area contributed by atoms with Crippen LogP contribution in [-0.2, 0) is 15.1 Å². The average molecular weight is 410 g/mol. The molecule has 2 aromatic rings. The second kappa shape index (κ2) is 7.95. The average Bonchev–Trinajstić information content (AvgIpc) is 2.78. The van der Waals surface area contributed by atoms with E-state index in [1.54, 1.807) is 38.5 Å². The Hall–Kier alpha value is -3.13. The number of methoxy groups -OCH3 is 1. The zero-order valence-corrected chi connectivity index (χ0v) is 17.4. The highest BCUT2D eigenvalue weighted by Gasteiger charge is 2.52. The van der Waals surface area contributed by atoms with E-state index in [9.17, 15) is 4.79 Å². The van der Waals surface area contributed by atoms with Crippen LogP contribution in [-0.4, -0.2) is 62.7 Å². The zero-order valence-electron chi connectivity index (χ0n) is 17.4. The summed E-state index contributed by atoms with van der Waals surface area (Å²) in [4.78, 5) is 23.3. The SMILES string of the molecule is COc1cncc(-c2ccc3c(c2)C(C=O)(N=C(N)N(C)C)C2COCCC2O3)c1. The Morgan fingerprint density at radius 1 is 1.33 bits per heavy atom. The van der Waals surface area contributed by atoms with Gasteiger partial charge in [0.25, 0.3) is 0 Å².